The SMILES string of the molecule is CCN(C(=O)OCc1ccccc1)C1CCN(C[C@H]2CN(C(=O)C3CCCC3)C[C@@H]2c2ccccc2)CC1. The van der Waals surface area contributed by atoms with Gasteiger partial charge in [-0.15, -0.1) is 0 Å². The molecule has 1 saturated carbocycles. The highest BCUT2D eigenvalue weighted by atomic mass is 16.6. The predicted molar refractivity (Wildman–Crippen MR) is 150 cm³/mol. The van der Waals surface area contributed by atoms with Gasteiger partial charge in [0.05, 0.1) is 0 Å². The van der Waals surface area contributed by atoms with Gasteiger partial charge in [0, 0.05) is 57.1 Å². The lowest BCUT2D eigenvalue weighted by Crippen LogP contribution is -2.48. The lowest BCUT2D eigenvalue weighted by atomic mass is 9.88. The zero-order chi connectivity index (χ0) is 26.3. The number of carbonyl (C=O) groups excluding carboxylic acids is 2. The summed E-state index contributed by atoms with van der Waals surface area (Å²) in [6.45, 7) is 7.67. The minimum Gasteiger partial charge on any atom is -0.445 e. The van der Waals surface area contributed by atoms with Gasteiger partial charge in [0.15, 0.2) is 0 Å². The molecule has 38 heavy (non-hydrogen) atoms. The Labute approximate surface area is 227 Å². The standard InChI is InChI=1S/C32H43N3O3/c1-2-35(32(37)38-24-25-11-5-3-6-12-25)29-17-19-33(20-18-29)21-28-22-34(31(36)27-15-9-10-16-27)23-30(28)26-13-7-4-8-14-26/h3-8,11-14,27-30H,2,9-10,15-24H2,1H3/t28-,30+/m0/s1. The number of hydrogen-bond acceptors (Lipinski definition) is 4. The minimum atomic E-state index is -0.212. The summed E-state index contributed by atoms with van der Waals surface area (Å²) in [6.07, 6.45) is 6.22. The van der Waals surface area contributed by atoms with Crippen LogP contribution in [0.5, 0.6) is 0 Å². The summed E-state index contributed by atoms with van der Waals surface area (Å²) >= 11 is 0. The Morgan fingerprint density at radius 2 is 1.55 bits per heavy atom. The Balaban J connectivity index is 1.16. The second-order valence-electron chi connectivity index (χ2n) is 11.4. The maximum atomic E-state index is 13.3. The molecule has 204 valence electrons. The number of likely N-dealkylation sites (tertiary alicyclic amines) is 2. The molecule has 2 saturated heterocycles. The molecule has 2 aliphatic heterocycles. The van der Waals surface area contributed by atoms with Gasteiger partial charge in [-0.3, -0.25) is 4.79 Å². The van der Waals surface area contributed by atoms with Gasteiger partial charge >= 0.3 is 6.09 Å². The Morgan fingerprint density at radius 3 is 2.21 bits per heavy atom. The third-order valence-corrected chi connectivity index (χ3v) is 8.96. The zero-order valence-corrected chi connectivity index (χ0v) is 22.8. The van der Waals surface area contributed by atoms with Gasteiger partial charge in [0.1, 0.15) is 6.61 Å². The zero-order valence-electron chi connectivity index (χ0n) is 22.8. The van der Waals surface area contributed by atoms with Crippen molar-refractivity contribution in [3.05, 3.63) is 71.8 Å². The smallest absolute Gasteiger partial charge is 0.410 e. The summed E-state index contributed by atoms with van der Waals surface area (Å²) in [6, 6.07) is 20.9. The fourth-order valence-corrected chi connectivity index (χ4v) is 6.83. The second kappa shape index (κ2) is 12.8. The quantitative estimate of drug-likeness (QED) is 0.461. The van der Waals surface area contributed by atoms with E-state index in [1.807, 2.05) is 42.2 Å². The van der Waals surface area contributed by atoms with E-state index in [0.29, 0.717) is 30.9 Å². The van der Waals surface area contributed by atoms with Gasteiger partial charge in [0.25, 0.3) is 0 Å². The van der Waals surface area contributed by atoms with Crippen molar-refractivity contribution in [3.63, 3.8) is 0 Å². The topological polar surface area (TPSA) is 53.1 Å². The van der Waals surface area contributed by atoms with Crippen LogP contribution in [0.4, 0.5) is 4.79 Å². The van der Waals surface area contributed by atoms with Crippen molar-refractivity contribution < 1.29 is 14.3 Å². The molecule has 0 bridgehead atoms. The van der Waals surface area contributed by atoms with Crippen LogP contribution in [-0.4, -0.2) is 72.0 Å². The molecule has 0 N–H and O–H groups in total. The minimum absolute atomic E-state index is 0.212. The van der Waals surface area contributed by atoms with Crippen LogP contribution in [-0.2, 0) is 16.1 Å². The molecule has 0 radical (unpaired) electrons. The fourth-order valence-electron chi connectivity index (χ4n) is 6.83. The summed E-state index contributed by atoms with van der Waals surface area (Å²) in [5.41, 5.74) is 2.36. The molecule has 1 aliphatic carbocycles. The van der Waals surface area contributed by atoms with Gasteiger partial charge in [0.2, 0.25) is 5.91 Å². The molecule has 0 spiro atoms. The molecule has 3 fully saturated rings. The number of benzene rings is 2. The molecule has 5 rings (SSSR count). The number of hydrogen-bond donors (Lipinski definition) is 0. The summed E-state index contributed by atoms with van der Waals surface area (Å²) in [5.74, 6) is 1.46. The van der Waals surface area contributed by atoms with Gasteiger partial charge in [-0.2, -0.15) is 0 Å². The van der Waals surface area contributed by atoms with Gasteiger partial charge in [-0.05, 0) is 49.7 Å². The van der Waals surface area contributed by atoms with Crippen molar-refractivity contribution in [1.82, 2.24) is 14.7 Å². The summed E-state index contributed by atoms with van der Waals surface area (Å²) in [4.78, 5) is 32.8. The molecule has 2 amide bonds. The molecular weight excluding hydrogens is 474 g/mol. The van der Waals surface area contributed by atoms with Crippen molar-refractivity contribution in [1.29, 1.82) is 0 Å². The number of rotatable bonds is 8. The maximum absolute atomic E-state index is 13.3. The molecule has 3 aliphatic rings. The van der Waals surface area contributed by atoms with Crippen LogP contribution in [0.25, 0.3) is 0 Å². The molecule has 2 heterocycles. The van der Waals surface area contributed by atoms with Crippen LogP contribution in [0.3, 0.4) is 0 Å². The molecule has 6 heteroatoms. The van der Waals surface area contributed by atoms with Crippen LogP contribution in [0.15, 0.2) is 60.7 Å². The number of nitrogens with zero attached hydrogens (tertiary/aromatic N) is 3. The van der Waals surface area contributed by atoms with Crippen molar-refractivity contribution in [2.24, 2.45) is 11.8 Å². The Kier molecular flexibility index (Phi) is 9.00. The summed E-state index contributed by atoms with van der Waals surface area (Å²) in [7, 11) is 0. The number of amides is 2. The molecule has 2 aromatic carbocycles. The molecule has 0 aromatic heterocycles. The van der Waals surface area contributed by atoms with Crippen LogP contribution in [0.2, 0.25) is 0 Å². The van der Waals surface area contributed by atoms with E-state index in [0.717, 1.165) is 64.0 Å². The van der Waals surface area contributed by atoms with Crippen LogP contribution >= 0.6 is 0 Å². The lowest BCUT2D eigenvalue weighted by Gasteiger charge is -2.38. The summed E-state index contributed by atoms with van der Waals surface area (Å²) in [5, 5.41) is 0. The van der Waals surface area contributed by atoms with Crippen molar-refractivity contribution in [2.45, 2.75) is 64.0 Å². The van der Waals surface area contributed by atoms with Crippen LogP contribution in [0.1, 0.15) is 62.5 Å². The first-order valence-corrected chi connectivity index (χ1v) is 14.7. The molecule has 0 unspecified atom stereocenters. The molecule has 6 nitrogen and oxygen atoms in total. The Hall–Kier alpha value is -2.86. The van der Waals surface area contributed by atoms with Gasteiger partial charge in [-0.1, -0.05) is 73.5 Å². The summed E-state index contributed by atoms with van der Waals surface area (Å²) < 4.78 is 5.64. The van der Waals surface area contributed by atoms with Gasteiger partial charge < -0.3 is 19.4 Å². The highest BCUT2D eigenvalue weighted by molar-refractivity contribution is 5.79. The van der Waals surface area contributed by atoms with Crippen molar-refractivity contribution >= 4 is 12.0 Å². The Bertz CT molecular complexity index is 1030. The average Bonchev–Trinajstić information content (AvgIpc) is 3.65. The van der Waals surface area contributed by atoms with Crippen molar-refractivity contribution in [2.75, 3.05) is 39.3 Å². The second-order valence-corrected chi connectivity index (χ2v) is 11.4. The van der Waals surface area contributed by atoms with E-state index >= 15 is 0 Å². The van der Waals surface area contributed by atoms with E-state index in [9.17, 15) is 9.59 Å². The molecular formula is C32H43N3O3. The lowest BCUT2D eigenvalue weighted by molar-refractivity contribution is -0.134. The van der Waals surface area contributed by atoms with E-state index in [1.165, 1.54) is 18.4 Å². The molecule has 2 aromatic rings. The highest BCUT2D eigenvalue weighted by Gasteiger charge is 2.40. The first-order valence-electron chi connectivity index (χ1n) is 14.7. The predicted octanol–water partition coefficient (Wildman–Crippen LogP) is 5.54. The van der Waals surface area contributed by atoms with Crippen molar-refractivity contribution in [3.8, 4) is 0 Å². The first-order chi connectivity index (χ1) is 18.6. The Morgan fingerprint density at radius 1 is 0.895 bits per heavy atom. The van der Waals surface area contributed by atoms with E-state index in [2.05, 4.69) is 40.1 Å². The van der Waals surface area contributed by atoms with Crippen LogP contribution in [0, 0.1) is 11.8 Å². The number of piperidine rings is 1. The normalized spacial score (nSPS) is 23.0. The number of ether oxygens (including phenoxy) is 1. The van der Waals surface area contributed by atoms with E-state index in [1.54, 1.807) is 0 Å². The fraction of sp³-hybridized carbons (Fsp3) is 0.562. The number of carbonyl (C=O) groups is 2. The highest BCUT2D eigenvalue weighted by Crippen LogP contribution is 2.36. The maximum Gasteiger partial charge on any atom is 0.410 e. The molecule has 2 atom stereocenters. The van der Waals surface area contributed by atoms with E-state index in [-0.39, 0.29) is 18.1 Å². The van der Waals surface area contributed by atoms with E-state index in [4.69, 9.17) is 4.74 Å². The third kappa shape index (κ3) is 6.40. The largest absolute Gasteiger partial charge is 0.445 e. The van der Waals surface area contributed by atoms with Gasteiger partial charge in [-0.25, -0.2) is 4.79 Å². The first kappa shape index (κ1) is 26.7. The average molecular weight is 518 g/mol. The third-order valence-electron chi connectivity index (χ3n) is 8.96. The van der Waals surface area contributed by atoms with Crippen LogP contribution < -0.4 is 0 Å². The van der Waals surface area contributed by atoms with E-state index < -0.39 is 0 Å². The monoisotopic (exact) mass is 517 g/mol.